The largest absolute Gasteiger partial charge is 0.463 e. The summed E-state index contributed by atoms with van der Waals surface area (Å²) in [6, 6.07) is 0. The second kappa shape index (κ2) is 5.78. The molecule has 0 spiro atoms. The van der Waals surface area contributed by atoms with Crippen molar-refractivity contribution in [2.75, 3.05) is 6.61 Å². The molecular formula is C11H17FO2. The van der Waals surface area contributed by atoms with E-state index in [-0.39, 0.29) is 11.7 Å². The number of rotatable bonds is 3. The van der Waals surface area contributed by atoms with Crippen LogP contribution < -0.4 is 0 Å². The van der Waals surface area contributed by atoms with Crippen molar-refractivity contribution in [3.8, 4) is 0 Å². The van der Waals surface area contributed by atoms with E-state index in [9.17, 15) is 9.18 Å². The molecule has 2 nitrogen and oxygen atoms in total. The predicted octanol–water partition coefficient (Wildman–Crippen LogP) is 2.98. The van der Waals surface area contributed by atoms with Gasteiger partial charge in [0.05, 0.1) is 12.7 Å². The lowest BCUT2D eigenvalue weighted by atomic mass is 9.88. The Kier molecular flexibility index (Phi) is 4.63. The van der Waals surface area contributed by atoms with Crippen molar-refractivity contribution in [3.63, 3.8) is 0 Å². The van der Waals surface area contributed by atoms with E-state index < -0.39 is 5.97 Å². The smallest absolute Gasteiger partial charge is 0.333 e. The highest BCUT2D eigenvalue weighted by Gasteiger charge is 2.18. The number of hydrogen-bond donors (Lipinski definition) is 0. The van der Waals surface area contributed by atoms with Gasteiger partial charge in [-0.25, -0.2) is 9.18 Å². The standard InChI is InChI=1S/C11H17FO2/c1-2-14-11(13)8-10(12)9-6-4-3-5-7-9/h8-9H,2-7H2,1H3/b10-8-. The maximum Gasteiger partial charge on any atom is 0.333 e. The lowest BCUT2D eigenvalue weighted by Gasteiger charge is -2.19. The summed E-state index contributed by atoms with van der Waals surface area (Å²) in [6.07, 6.45) is 6.04. The molecule has 1 aliphatic carbocycles. The Bertz CT molecular complexity index is 217. The maximum absolute atomic E-state index is 13.4. The molecule has 14 heavy (non-hydrogen) atoms. The van der Waals surface area contributed by atoms with Gasteiger partial charge in [-0.1, -0.05) is 19.3 Å². The summed E-state index contributed by atoms with van der Waals surface area (Å²) in [5, 5.41) is 0. The minimum absolute atomic E-state index is 0.0480. The summed E-state index contributed by atoms with van der Waals surface area (Å²) < 4.78 is 18.1. The summed E-state index contributed by atoms with van der Waals surface area (Å²) in [6.45, 7) is 2.01. The molecule has 1 fully saturated rings. The Morgan fingerprint density at radius 2 is 2.07 bits per heavy atom. The van der Waals surface area contributed by atoms with Gasteiger partial charge < -0.3 is 4.74 Å². The molecular weight excluding hydrogens is 183 g/mol. The Labute approximate surface area is 84.1 Å². The Morgan fingerprint density at radius 3 is 2.64 bits per heavy atom. The molecule has 0 aliphatic heterocycles. The van der Waals surface area contributed by atoms with E-state index in [1.807, 2.05) is 0 Å². The van der Waals surface area contributed by atoms with Gasteiger partial charge in [0.25, 0.3) is 0 Å². The van der Waals surface area contributed by atoms with Gasteiger partial charge >= 0.3 is 5.97 Å². The SMILES string of the molecule is CCOC(=O)/C=C(\F)C1CCCCC1. The average Bonchev–Trinajstić information content (AvgIpc) is 2.19. The van der Waals surface area contributed by atoms with Gasteiger partial charge in [0.15, 0.2) is 0 Å². The first kappa shape index (κ1) is 11.2. The van der Waals surface area contributed by atoms with Gasteiger partial charge in [-0.15, -0.1) is 0 Å². The molecule has 0 atom stereocenters. The summed E-state index contributed by atoms with van der Waals surface area (Å²) in [5.41, 5.74) is 0. The molecule has 0 saturated heterocycles. The molecule has 0 radical (unpaired) electrons. The lowest BCUT2D eigenvalue weighted by molar-refractivity contribution is -0.137. The van der Waals surface area contributed by atoms with Gasteiger partial charge in [0, 0.05) is 5.92 Å². The quantitative estimate of drug-likeness (QED) is 0.517. The van der Waals surface area contributed by atoms with Crippen molar-refractivity contribution in [2.24, 2.45) is 5.92 Å². The molecule has 0 amide bonds. The molecule has 1 saturated carbocycles. The third kappa shape index (κ3) is 3.48. The normalized spacial score (nSPS) is 19.4. The Balaban J connectivity index is 2.44. The van der Waals surface area contributed by atoms with Gasteiger partial charge in [-0.05, 0) is 19.8 Å². The first-order valence-corrected chi connectivity index (χ1v) is 5.28. The van der Waals surface area contributed by atoms with Crippen LogP contribution in [-0.4, -0.2) is 12.6 Å². The van der Waals surface area contributed by atoms with Crippen LogP contribution in [0.1, 0.15) is 39.0 Å². The van der Waals surface area contributed by atoms with E-state index >= 15 is 0 Å². The molecule has 0 aromatic carbocycles. The highest BCUT2D eigenvalue weighted by atomic mass is 19.1. The van der Waals surface area contributed by atoms with Crippen LogP contribution in [0.5, 0.6) is 0 Å². The fraction of sp³-hybridized carbons (Fsp3) is 0.727. The first-order valence-electron chi connectivity index (χ1n) is 5.28. The third-order valence-corrected chi connectivity index (χ3v) is 2.54. The summed E-state index contributed by atoms with van der Waals surface area (Å²) in [4.78, 5) is 11.0. The van der Waals surface area contributed by atoms with Crippen LogP contribution in [0.3, 0.4) is 0 Å². The number of hydrogen-bond acceptors (Lipinski definition) is 2. The minimum atomic E-state index is -0.560. The number of carbonyl (C=O) groups is 1. The van der Waals surface area contributed by atoms with Gasteiger partial charge in [0.2, 0.25) is 0 Å². The monoisotopic (exact) mass is 200 g/mol. The second-order valence-electron chi connectivity index (χ2n) is 3.62. The zero-order valence-corrected chi connectivity index (χ0v) is 8.59. The molecule has 0 bridgehead atoms. The summed E-state index contributed by atoms with van der Waals surface area (Å²) in [5.74, 6) is -0.910. The van der Waals surface area contributed by atoms with E-state index in [0.717, 1.165) is 31.8 Å². The van der Waals surface area contributed by atoms with Crippen molar-refractivity contribution in [1.29, 1.82) is 0 Å². The molecule has 0 aromatic rings. The van der Waals surface area contributed by atoms with Crippen molar-refractivity contribution in [3.05, 3.63) is 11.9 Å². The first-order chi connectivity index (χ1) is 6.74. The van der Waals surface area contributed by atoms with Crippen LogP contribution in [0.15, 0.2) is 11.9 Å². The molecule has 1 aliphatic rings. The molecule has 0 heterocycles. The van der Waals surface area contributed by atoms with Crippen molar-refractivity contribution in [1.82, 2.24) is 0 Å². The summed E-state index contributed by atoms with van der Waals surface area (Å²) >= 11 is 0. The number of carbonyl (C=O) groups excluding carboxylic acids is 1. The number of ether oxygens (including phenoxy) is 1. The third-order valence-electron chi connectivity index (χ3n) is 2.54. The number of allylic oxidation sites excluding steroid dienone is 1. The van der Waals surface area contributed by atoms with Gasteiger partial charge in [0.1, 0.15) is 5.83 Å². The van der Waals surface area contributed by atoms with E-state index in [1.165, 1.54) is 6.42 Å². The average molecular weight is 200 g/mol. The predicted molar refractivity (Wildman–Crippen MR) is 52.4 cm³/mol. The van der Waals surface area contributed by atoms with Crippen LogP contribution in [0.25, 0.3) is 0 Å². The van der Waals surface area contributed by atoms with E-state index in [4.69, 9.17) is 0 Å². The zero-order valence-electron chi connectivity index (χ0n) is 8.59. The molecule has 0 unspecified atom stereocenters. The highest BCUT2D eigenvalue weighted by molar-refractivity contribution is 5.82. The lowest BCUT2D eigenvalue weighted by Crippen LogP contribution is -2.09. The zero-order chi connectivity index (χ0) is 10.4. The molecule has 80 valence electrons. The van der Waals surface area contributed by atoms with E-state index in [0.29, 0.717) is 6.61 Å². The fourth-order valence-electron chi connectivity index (χ4n) is 1.79. The molecule has 0 N–H and O–H groups in total. The number of esters is 1. The Morgan fingerprint density at radius 1 is 1.43 bits per heavy atom. The van der Waals surface area contributed by atoms with Crippen LogP contribution in [-0.2, 0) is 9.53 Å². The molecule has 0 aromatic heterocycles. The summed E-state index contributed by atoms with van der Waals surface area (Å²) in [7, 11) is 0. The van der Waals surface area contributed by atoms with Crippen LogP contribution in [0, 0.1) is 5.92 Å². The van der Waals surface area contributed by atoms with E-state index in [2.05, 4.69) is 4.74 Å². The van der Waals surface area contributed by atoms with Gasteiger partial charge in [-0.3, -0.25) is 0 Å². The van der Waals surface area contributed by atoms with Gasteiger partial charge in [-0.2, -0.15) is 0 Å². The molecule has 3 heteroatoms. The molecule has 1 rings (SSSR count). The Hall–Kier alpha value is -0.860. The van der Waals surface area contributed by atoms with Crippen LogP contribution in [0.2, 0.25) is 0 Å². The second-order valence-corrected chi connectivity index (χ2v) is 3.62. The van der Waals surface area contributed by atoms with E-state index in [1.54, 1.807) is 6.92 Å². The topological polar surface area (TPSA) is 26.3 Å². The maximum atomic E-state index is 13.4. The highest BCUT2D eigenvalue weighted by Crippen LogP contribution is 2.30. The van der Waals surface area contributed by atoms with Crippen molar-refractivity contribution < 1.29 is 13.9 Å². The minimum Gasteiger partial charge on any atom is -0.463 e. The number of halogens is 1. The fourth-order valence-corrected chi connectivity index (χ4v) is 1.79. The van der Waals surface area contributed by atoms with Crippen LogP contribution >= 0.6 is 0 Å². The van der Waals surface area contributed by atoms with Crippen molar-refractivity contribution >= 4 is 5.97 Å². The van der Waals surface area contributed by atoms with Crippen LogP contribution in [0.4, 0.5) is 4.39 Å². The van der Waals surface area contributed by atoms with Crippen molar-refractivity contribution in [2.45, 2.75) is 39.0 Å².